The first kappa shape index (κ1) is 11.0. The van der Waals surface area contributed by atoms with Crippen molar-refractivity contribution >= 4 is 21.5 Å². The van der Waals surface area contributed by atoms with Crippen LogP contribution >= 0.6 is 0 Å². The molecular formula is C18H16. The molecule has 0 unspecified atom stereocenters. The Balaban J connectivity index is 2.61. The highest BCUT2D eigenvalue weighted by atomic mass is 14.0. The lowest BCUT2D eigenvalue weighted by Crippen LogP contribution is -1.81. The molecule has 0 aliphatic rings. The van der Waals surface area contributed by atoms with Crippen molar-refractivity contribution in [3.05, 3.63) is 71.8 Å². The molecule has 0 atom stereocenters. The summed E-state index contributed by atoms with van der Waals surface area (Å²) in [7, 11) is 0. The van der Waals surface area contributed by atoms with Crippen molar-refractivity contribution < 1.29 is 0 Å². The summed E-state index contributed by atoms with van der Waals surface area (Å²) >= 11 is 0. The third-order valence-electron chi connectivity index (χ3n) is 3.54. The molecule has 2 bridgehead atoms. The van der Waals surface area contributed by atoms with E-state index in [1.807, 2.05) is 0 Å². The third kappa shape index (κ3) is 1.80. The number of hydrogen-bond acceptors (Lipinski definition) is 0. The molecule has 0 spiro atoms. The molecule has 0 saturated carbocycles. The Hall–Kier alpha value is -2.08. The van der Waals surface area contributed by atoms with Crippen LogP contribution in [0.2, 0.25) is 0 Å². The van der Waals surface area contributed by atoms with Gasteiger partial charge in [0.15, 0.2) is 0 Å². The predicted molar refractivity (Wildman–Crippen MR) is 79.7 cm³/mol. The molecule has 3 aromatic carbocycles. The van der Waals surface area contributed by atoms with Crippen LogP contribution in [0.1, 0.15) is 11.1 Å². The maximum atomic E-state index is 2.21. The molecule has 0 N–H and O–H groups in total. The highest BCUT2D eigenvalue weighted by Gasteiger charge is 2.01. The largest absolute Gasteiger partial charge is 0.0614 e. The van der Waals surface area contributed by atoms with Crippen LogP contribution in [0.5, 0.6) is 0 Å². The summed E-state index contributed by atoms with van der Waals surface area (Å²) in [5.41, 5.74) is 2.63. The van der Waals surface area contributed by atoms with Gasteiger partial charge in [-0.3, -0.25) is 0 Å². The Bertz CT molecular complexity index is 752. The average Bonchev–Trinajstić information content (AvgIpc) is 2.38. The molecular weight excluding hydrogens is 216 g/mol. The van der Waals surface area contributed by atoms with Crippen molar-refractivity contribution in [2.75, 3.05) is 0 Å². The van der Waals surface area contributed by atoms with Crippen molar-refractivity contribution in [1.82, 2.24) is 0 Å². The maximum Gasteiger partial charge on any atom is -0.00762 e. The van der Waals surface area contributed by atoms with Gasteiger partial charge < -0.3 is 0 Å². The lowest BCUT2D eigenvalue weighted by molar-refractivity contribution is 1.50. The molecule has 0 nitrogen and oxygen atoms in total. The van der Waals surface area contributed by atoms with Gasteiger partial charge in [-0.2, -0.15) is 0 Å². The van der Waals surface area contributed by atoms with E-state index in [-0.39, 0.29) is 0 Å². The third-order valence-corrected chi connectivity index (χ3v) is 3.54. The van der Waals surface area contributed by atoms with Crippen LogP contribution in [-0.2, 0) is 0 Å². The average molecular weight is 232 g/mol. The molecule has 18 heavy (non-hydrogen) atoms. The lowest BCUT2D eigenvalue weighted by Gasteiger charge is -2.06. The molecule has 0 heterocycles. The van der Waals surface area contributed by atoms with E-state index >= 15 is 0 Å². The Morgan fingerprint density at radius 1 is 0.556 bits per heavy atom. The molecule has 0 fully saturated rings. The van der Waals surface area contributed by atoms with Crippen LogP contribution in [0, 0.1) is 13.8 Å². The van der Waals surface area contributed by atoms with E-state index in [2.05, 4.69) is 74.5 Å². The maximum absolute atomic E-state index is 2.21. The minimum Gasteiger partial charge on any atom is -0.0614 e. The van der Waals surface area contributed by atoms with Crippen LogP contribution in [0.3, 0.4) is 0 Å². The molecule has 0 heteroatoms. The molecule has 0 amide bonds. The SMILES string of the molecule is Cc1cccc2ccc3cccc(cc1)c3c2C. The first-order valence-corrected chi connectivity index (χ1v) is 6.31. The lowest BCUT2D eigenvalue weighted by atomic mass is 9.99. The number of hydrogen-bond donors (Lipinski definition) is 0. The predicted octanol–water partition coefficient (Wildman–Crippen LogP) is 5.17. The number of aryl methyl sites for hydroxylation is 2. The van der Waals surface area contributed by atoms with Crippen LogP contribution < -0.4 is 0 Å². The zero-order valence-electron chi connectivity index (χ0n) is 10.8. The minimum absolute atomic E-state index is 1.27. The van der Waals surface area contributed by atoms with Crippen molar-refractivity contribution in [3.63, 3.8) is 0 Å². The van der Waals surface area contributed by atoms with E-state index in [9.17, 15) is 0 Å². The summed E-state index contributed by atoms with van der Waals surface area (Å²) in [5, 5.41) is 5.28. The smallest absolute Gasteiger partial charge is 0.00762 e. The second kappa shape index (κ2) is 4.30. The van der Waals surface area contributed by atoms with Gasteiger partial charge in [0.05, 0.1) is 0 Å². The van der Waals surface area contributed by atoms with Crippen molar-refractivity contribution in [1.29, 1.82) is 0 Å². The zero-order valence-corrected chi connectivity index (χ0v) is 10.8. The molecule has 0 saturated heterocycles. The van der Waals surface area contributed by atoms with Gasteiger partial charge >= 0.3 is 0 Å². The number of rotatable bonds is 0. The highest BCUT2D eigenvalue weighted by Crippen LogP contribution is 2.26. The Morgan fingerprint density at radius 3 is 1.89 bits per heavy atom. The normalized spacial score (nSPS) is 10.8. The Morgan fingerprint density at radius 2 is 1.11 bits per heavy atom. The molecule has 3 aromatic rings. The van der Waals surface area contributed by atoms with Crippen molar-refractivity contribution in [2.45, 2.75) is 13.8 Å². The fourth-order valence-corrected chi connectivity index (χ4v) is 2.51. The first-order chi connectivity index (χ1) is 8.75. The number of benzene rings is 2. The second-order valence-electron chi connectivity index (χ2n) is 4.83. The topological polar surface area (TPSA) is 0 Å². The summed E-state index contributed by atoms with van der Waals surface area (Å²) in [4.78, 5) is 0. The monoisotopic (exact) mass is 232 g/mol. The van der Waals surface area contributed by atoms with Crippen LogP contribution in [0.4, 0.5) is 0 Å². The molecule has 0 aliphatic carbocycles. The van der Waals surface area contributed by atoms with Crippen molar-refractivity contribution in [2.24, 2.45) is 0 Å². The van der Waals surface area contributed by atoms with E-state index in [0.717, 1.165) is 0 Å². The van der Waals surface area contributed by atoms with Crippen LogP contribution in [-0.4, -0.2) is 0 Å². The minimum atomic E-state index is 1.27. The fourth-order valence-electron chi connectivity index (χ4n) is 2.51. The van der Waals surface area contributed by atoms with E-state index in [1.165, 1.54) is 32.7 Å². The Labute approximate surface area is 108 Å². The van der Waals surface area contributed by atoms with Gasteiger partial charge in [-0.1, -0.05) is 66.2 Å². The summed E-state index contributed by atoms with van der Waals surface area (Å²) in [6.45, 7) is 4.33. The zero-order chi connectivity index (χ0) is 12.5. The van der Waals surface area contributed by atoms with Gasteiger partial charge in [0.2, 0.25) is 0 Å². The standard InChI is InChI=1S/C18H16/c1-13-5-3-6-15-11-12-17-8-4-7-16(10-9-13)18(17)14(15)2/h3-12H,1-2H3. The second-order valence-corrected chi connectivity index (χ2v) is 4.83. The fraction of sp³-hybridized carbons (Fsp3) is 0.111. The van der Waals surface area contributed by atoms with Crippen LogP contribution in [0.25, 0.3) is 21.5 Å². The molecule has 0 radical (unpaired) electrons. The summed E-state index contributed by atoms with van der Waals surface area (Å²) in [6, 6.07) is 21.8. The first-order valence-electron chi connectivity index (χ1n) is 6.31. The van der Waals surface area contributed by atoms with Crippen molar-refractivity contribution in [3.8, 4) is 0 Å². The van der Waals surface area contributed by atoms with Gasteiger partial charge in [-0.05, 0) is 41.0 Å². The summed E-state index contributed by atoms with van der Waals surface area (Å²) < 4.78 is 0. The Kier molecular flexibility index (Phi) is 2.64. The molecule has 3 rings (SSSR count). The van der Waals surface area contributed by atoms with E-state index < -0.39 is 0 Å². The van der Waals surface area contributed by atoms with E-state index in [0.29, 0.717) is 0 Å². The molecule has 88 valence electrons. The highest BCUT2D eigenvalue weighted by molar-refractivity contribution is 6.03. The van der Waals surface area contributed by atoms with Gasteiger partial charge in [0.25, 0.3) is 0 Å². The van der Waals surface area contributed by atoms with Gasteiger partial charge in [0, 0.05) is 0 Å². The van der Waals surface area contributed by atoms with E-state index in [4.69, 9.17) is 0 Å². The summed E-state index contributed by atoms with van der Waals surface area (Å²) in [5.74, 6) is 0. The quantitative estimate of drug-likeness (QED) is 0.501. The molecule has 0 aromatic heterocycles. The molecule has 0 aliphatic heterocycles. The van der Waals surface area contributed by atoms with E-state index in [1.54, 1.807) is 0 Å². The number of fused-ring (bicyclic) bond motifs is 1. The van der Waals surface area contributed by atoms with Gasteiger partial charge in [-0.25, -0.2) is 0 Å². The van der Waals surface area contributed by atoms with Gasteiger partial charge in [-0.15, -0.1) is 0 Å². The van der Waals surface area contributed by atoms with Crippen LogP contribution in [0.15, 0.2) is 60.7 Å². The van der Waals surface area contributed by atoms with Gasteiger partial charge in [0.1, 0.15) is 0 Å². The summed E-state index contributed by atoms with van der Waals surface area (Å²) in [6.07, 6.45) is 0.